The molecule has 3 N–H and O–H groups in total. The fourth-order valence-electron chi connectivity index (χ4n) is 1.62. The molecule has 0 atom stereocenters. The van der Waals surface area contributed by atoms with Gasteiger partial charge in [0.2, 0.25) is 10.0 Å². The van der Waals surface area contributed by atoms with E-state index in [1.807, 2.05) is 12.1 Å². The lowest BCUT2D eigenvalue weighted by atomic mass is 10.3. The summed E-state index contributed by atoms with van der Waals surface area (Å²) in [5.41, 5.74) is 6.47. The van der Waals surface area contributed by atoms with Gasteiger partial charge >= 0.3 is 0 Å². The van der Waals surface area contributed by atoms with Crippen LogP contribution in [-0.4, -0.2) is 19.9 Å². The number of halogens is 1. The highest BCUT2D eigenvalue weighted by Gasteiger charge is 2.11. The van der Waals surface area contributed by atoms with Crippen molar-refractivity contribution in [3.05, 3.63) is 54.3 Å². The zero-order valence-corrected chi connectivity index (χ0v) is 12.8. The summed E-state index contributed by atoms with van der Waals surface area (Å²) >= 11 is 1.42. The first-order valence-electron chi connectivity index (χ1n) is 6.19. The number of nitrogen functional groups attached to an aromatic ring is 1. The lowest BCUT2D eigenvalue weighted by Gasteiger charge is -2.08. The van der Waals surface area contributed by atoms with Crippen molar-refractivity contribution in [1.82, 2.24) is 0 Å². The van der Waals surface area contributed by atoms with Gasteiger partial charge in [0.25, 0.3) is 0 Å². The number of anilines is 2. The molecule has 0 radical (unpaired) electrons. The van der Waals surface area contributed by atoms with Crippen molar-refractivity contribution >= 4 is 33.2 Å². The quantitative estimate of drug-likeness (QED) is 0.632. The molecule has 7 heteroatoms. The van der Waals surface area contributed by atoms with Crippen LogP contribution in [0.1, 0.15) is 0 Å². The Hall–Kier alpha value is -1.73. The Kier molecular flexibility index (Phi) is 5.08. The molecule has 0 aliphatic rings. The monoisotopic (exact) mass is 326 g/mol. The number of nitrogens with one attached hydrogen (secondary N) is 1. The van der Waals surface area contributed by atoms with Crippen LogP contribution in [0.3, 0.4) is 0 Å². The van der Waals surface area contributed by atoms with Gasteiger partial charge in [0.15, 0.2) is 0 Å². The molecule has 2 rings (SSSR count). The van der Waals surface area contributed by atoms with E-state index in [4.69, 9.17) is 5.73 Å². The van der Waals surface area contributed by atoms with Gasteiger partial charge in [-0.2, -0.15) is 0 Å². The van der Waals surface area contributed by atoms with E-state index < -0.39 is 15.8 Å². The van der Waals surface area contributed by atoms with E-state index in [1.165, 1.54) is 30.0 Å². The third-order valence-corrected chi connectivity index (χ3v) is 5.16. The van der Waals surface area contributed by atoms with Gasteiger partial charge in [-0.3, -0.25) is 4.72 Å². The summed E-state index contributed by atoms with van der Waals surface area (Å²) in [6.45, 7) is 0. The van der Waals surface area contributed by atoms with Crippen LogP contribution in [0.2, 0.25) is 0 Å². The predicted molar refractivity (Wildman–Crippen MR) is 85.4 cm³/mol. The predicted octanol–water partition coefficient (Wildman–Crippen LogP) is 2.94. The normalized spacial score (nSPS) is 11.3. The van der Waals surface area contributed by atoms with E-state index in [9.17, 15) is 12.8 Å². The second kappa shape index (κ2) is 6.82. The minimum atomic E-state index is -3.49. The van der Waals surface area contributed by atoms with Crippen molar-refractivity contribution in [3.8, 4) is 0 Å². The number of benzene rings is 2. The Labute approximate surface area is 127 Å². The summed E-state index contributed by atoms with van der Waals surface area (Å²) in [5, 5.41) is 0. The first-order valence-corrected chi connectivity index (χ1v) is 8.83. The third-order valence-electron chi connectivity index (χ3n) is 2.60. The number of sulfonamides is 1. The van der Waals surface area contributed by atoms with E-state index in [1.54, 1.807) is 12.1 Å². The van der Waals surface area contributed by atoms with Gasteiger partial charge in [-0.1, -0.05) is 6.07 Å². The fourth-order valence-corrected chi connectivity index (χ4v) is 3.98. The lowest BCUT2D eigenvalue weighted by Crippen LogP contribution is -2.18. The van der Waals surface area contributed by atoms with E-state index in [0.29, 0.717) is 11.4 Å². The Balaban J connectivity index is 1.88. The van der Waals surface area contributed by atoms with Gasteiger partial charge in [-0.15, -0.1) is 11.8 Å². The molecule has 2 aromatic carbocycles. The molecule has 0 saturated heterocycles. The van der Waals surface area contributed by atoms with Gasteiger partial charge in [0.05, 0.1) is 11.4 Å². The topological polar surface area (TPSA) is 72.2 Å². The molecule has 0 saturated carbocycles. The zero-order valence-electron chi connectivity index (χ0n) is 11.1. The highest BCUT2D eigenvalue weighted by Crippen LogP contribution is 2.20. The van der Waals surface area contributed by atoms with Gasteiger partial charge < -0.3 is 5.73 Å². The van der Waals surface area contributed by atoms with Crippen molar-refractivity contribution in [1.29, 1.82) is 0 Å². The standard InChI is InChI=1S/C14H15FN2O2S2/c15-11-2-1-3-13(10-11)17-21(18,19)9-8-20-14-6-4-12(16)5-7-14/h1-7,10,17H,8-9,16H2. The minimum Gasteiger partial charge on any atom is -0.399 e. The molecular weight excluding hydrogens is 311 g/mol. The van der Waals surface area contributed by atoms with Crippen LogP contribution in [0.5, 0.6) is 0 Å². The second-order valence-electron chi connectivity index (χ2n) is 4.35. The van der Waals surface area contributed by atoms with Crippen molar-refractivity contribution in [3.63, 3.8) is 0 Å². The molecule has 21 heavy (non-hydrogen) atoms. The van der Waals surface area contributed by atoms with E-state index in [-0.39, 0.29) is 11.4 Å². The molecule has 0 unspecified atom stereocenters. The summed E-state index contributed by atoms with van der Waals surface area (Å²) in [7, 11) is -3.49. The van der Waals surface area contributed by atoms with Crippen molar-refractivity contribution in [2.45, 2.75) is 4.90 Å². The molecule has 0 heterocycles. The smallest absolute Gasteiger partial charge is 0.233 e. The van der Waals surface area contributed by atoms with E-state index >= 15 is 0 Å². The molecule has 0 spiro atoms. The van der Waals surface area contributed by atoms with Gasteiger partial charge in [0.1, 0.15) is 5.82 Å². The second-order valence-corrected chi connectivity index (χ2v) is 7.36. The van der Waals surface area contributed by atoms with Gasteiger partial charge in [-0.25, -0.2) is 12.8 Å². The van der Waals surface area contributed by atoms with Crippen LogP contribution in [0.25, 0.3) is 0 Å². The van der Waals surface area contributed by atoms with Crippen molar-refractivity contribution < 1.29 is 12.8 Å². The average Bonchev–Trinajstić information content (AvgIpc) is 2.40. The largest absolute Gasteiger partial charge is 0.399 e. The number of hydrogen-bond donors (Lipinski definition) is 2. The van der Waals surface area contributed by atoms with Crippen molar-refractivity contribution in [2.24, 2.45) is 0 Å². The summed E-state index contributed by atoms with van der Waals surface area (Å²) in [6.07, 6.45) is 0. The average molecular weight is 326 g/mol. The molecule has 0 fully saturated rings. The maximum absolute atomic E-state index is 13.0. The summed E-state index contributed by atoms with van der Waals surface area (Å²) in [6, 6.07) is 12.6. The van der Waals surface area contributed by atoms with Crippen LogP contribution >= 0.6 is 11.8 Å². The molecule has 2 aromatic rings. The highest BCUT2D eigenvalue weighted by atomic mass is 32.2. The van der Waals surface area contributed by atoms with Crippen LogP contribution in [-0.2, 0) is 10.0 Å². The van der Waals surface area contributed by atoms with Crippen LogP contribution in [0.4, 0.5) is 15.8 Å². The van der Waals surface area contributed by atoms with Crippen molar-refractivity contribution in [2.75, 3.05) is 22.0 Å². The number of hydrogen-bond acceptors (Lipinski definition) is 4. The van der Waals surface area contributed by atoms with Crippen LogP contribution in [0.15, 0.2) is 53.4 Å². The maximum Gasteiger partial charge on any atom is 0.233 e. The van der Waals surface area contributed by atoms with Crippen LogP contribution in [0, 0.1) is 5.82 Å². The molecule has 0 bridgehead atoms. The Morgan fingerprint density at radius 2 is 1.86 bits per heavy atom. The number of thioether (sulfide) groups is 1. The zero-order chi connectivity index (χ0) is 15.3. The summed E-state index contributed by atoms with van der Waals surface area (Å²) in [4.78, 5) is 0.949. The molecule has 112 valence electrons. The molecule has 0 aliphatic heterocycles. The third kappa shape index (κ3) is 5.28. The molecule has 0 amide bonds. The number of nitrogens with two attached hydrogens (primary N) is 1. The maximum atomic E-state index is 13.0. The molecular formula is C14H15FN2O2S2. The Bertz CT molecular complexity index is 703. The fraction of sp³-hybridized carbons (Fsp3) is 0.143. The molecule has 4 nitrogen and oxygen atoms in total. The first kappa shape index (κ1) is 15.7. The van der Waals surface area contributed by atoms with Gasteiger partial charge in [0, 0.05) is 16.3 Å². The SMILES string of the molecule is Nc1ccc(SCCS(=O)(=O)Nc2cccc(F)c2)cc1. The Morgan fingerprint density at radius 3 is 2.52 bits per heavy atom. The van der Waals surface area contributed by atoms with E-state index in [2.05, 4.69) is 4.72 Å². The first-order chi connectivity index (χ1) is 9.94. The highest BCUT2D eigenvalue weighted by molar-refractivity contribution is 8.01. The van der Waals surface area contributed by atoms with Crippen LogP contribution < -0.4 is 10.5 Å². The Morgan fingerprint density at radius 1 is 1.14 bits per heavy atom. The molecule has 0 aliphatic carbocycles. The van der Waals surface area contributed by atoms with Gasteiger partial charge in [-0.05, 0) is 42.5 Å². The lowest BCUT2D eigenvalue weighted by molar-refractivity contribution is 0.602. The summed E-state index contributed by atoms with van der Waals surface area (Å²) < 4.78 is 39.1. The molecule has 0 aromatic heterocycles. The van der Waals surface area contributed by atoms with E-state index in [0.717, 1.165) is 11.0 Å². The summed E-state index contributed by atoms with van der Waals surface area (Å²) in [5.74, 6) is -0.140. The number of rotatable bonds is 6. The minimum absolute atomic E-state index is 0.0570.